The molecule has 1 atom stereocenters. The van der Waals surface area contributed by atoms with Crippen LogP contribution < -0.4 is 5.73 Å². The summed E-state index contributed by atoms with van der Waals surface area (Å²) in [5.74, 6) is -4.21. The van der Waals surface area contributed by atoms with Crippen molar-refractivity contribution in [1.82, 2.24) is 15.1 Å². The smallest absolute Gasteiger partial charge is 0.163 e. The standard InChI is InChI=1S/C21H18F4N4O/c22-13-2-1-11-8-29(9-20-15(7-27-28-20)14(11)5-13)10-21(30)19(26)4-12-3-17(24)18(25)6-16(12)23/h1-3,5-7,19H,4,8-10,26H2,(H,27,28). The minimum atomic E-state index is -1.30. The van der Waals surface area contributed by atoms with Crippen molar-refractivity contribution in [3.8, 4) is 11.1 Å². The van der Waals surface area contributed by atoms with Crippen LogP contribution in [0, 0.1) is 23.3 Å². The molecule has 0 saturated carbocycles. The summed E-state index contributed by atoms with van der Waals surface area (Å²) < 4.78 is 54.1. The fraction of sp³-hybridized carbons (Fsp3) is 0.238. The molecule has 3 N–H and O–H groups in total. The number of aromatic amines is 1. The molecule has 0 bridgehead atoms. The van der Waals surface area contributed by atoms with E-state index < -0.39 is 23.5 Å². The number of nitrogens with two attached hydrogens (primary N) is 1. The van der Waals surface area contributed by atoms with Crippen LogP contribution >= 0.6 is 0 Å². The molecule has 0 spiro atoms. The van der Waals surface area contributed by atoms with Crippen LogP contribution in [-0.2, 0) is 24.3 Å². The van der Waals surface area contributed by atoms with Crippen molar-refractivity contribution in [2.75, 3.05) is 6.54 Å². The number of rotatable bonds is 5. The van der Waals surface area contributed by atoms with E-state index in [2.05, 4.69) is 10.2 Å². The monoisotopic (exact) mass is 418 g/mol. The fourth-order valence-corrected chi connectivity index (χ4v) is 3.64. The van der Waals surface area contributed by atoms with Crippen LogP contribution in [0.15, 0.2) is 36.5 Å². The van der Waals surface area contributed by atoms with Gasteiger partial charge >= 0.3 is 0 Å². The zero-order valence-corrected chi connectivity index (χ0v) is 15.8. The Labute approximate surface area is 169 Å². The SMILES string of the molecule is NC(Cc1cc(F)c(F)cc1F)C(=O)CN1Cc2ccc(F)cc2-c2cn[nH]c2C1. The zero-order valence-electron chi connectivity index (χ0n) is 15.8. The quantitative estimate of drug-likeness (QED) is 0.493. The van der Waals surface area contributed by atoms with Crippen LogP contribution in [0.1, 0.15) is 16.8 Å². The highest BCUT2D eigenvalue weighted by atomic mass is 19.2. The summed E-state index contributed by atoms with van der Waals surface area (Å²) in [5.41, 5.74) is 8.76. The Hall–Kier alpha value is -3.04. The van der Waals surface area contributed by atoms with Crippen molar-refractivity contribution in [2.45, 2.75) is 25.6 Å². The molecule has 0 amide bonds. The van der Waals surface area contributed by atoms with Gasteiger partial charge in [-0.2, -0.15) is 5.10 Å². The van der Waals surface area contributed by atoms with Crippen LogP contribution in [-0.4, -0.2) is 33.5 Å². The first-order chi connectivity index (χ1) is 14.3. The molecule has 1 aromatic heterocycles. The van der Waals surface area contributed by atoms with Crippen molar-refractivity contribution < 1.29 is 22.4 Å². The van der Waals surface area contributed by atoms with Gasteiger partial charge in [0.1, 0.15) is 11.6 Å². The normalized spacial score (nSPS) is 14.7. The average Bonchev–Trinajstić information content (AvgIpc) is 3.09. The number of aromatic nitrogens is 2. The highest BCUT2D eigenvalue weighted by molar-refractivity contribution is 5.86. The fourth-order valence-electron chi connectivity index (χ4n) is 3.64. The first-order valence-electron chi connectivity index (χ1n) is 9.27. The highest BCUT2D eigenvalue weighted by Crippen LogP contribution is 2.32. The maximum Gasteiger partial charge on any atom is 0.163 e. The lowest BCUT2D eigenvalue weighted by Gasteiger charge is -2.22. The van der Waals surface area contributed by atoms with Gasteiger partial charge in [0, 0.05) is 24.7 Å². The van der Waals surface area contributed by atoms with Gasteiger partial charge in [-0.1, -0.05) is 6.07 Å². The molecule has 30 heavy (non-hydrogen) atoms. The van der Waals surface area contributed by atoms with Gasteiger partial charge in [-0.25, -0.2) is 17.6 Å². The molecular weight excluding hydrogens is 400 g/mol. The van der Waals surface area contributed by atoms with E-state index in [0.29, 0.717) is 30.8 Å². The number of nitrogens with one attached hydrogen (secondary N) is 1. The van der Waals surface area contributed by atoms with Gasteiger partial charge in [0.25, 0.3) is 0 Å². The third-order valence-corrected chi connectivity index (χ3v) is 5.18. The Morgan fingerprint density at radius 3 is 2.63 bits per heavy atom. The molecule has 0 saturated heterocycles. The van der Waals surface area contributed by atoms with Gasteiger partial charge in [0.2, 0.25) is 0 Å². The number of benzene rings is 2. The van der Waals surface area contributed by atoms with E-state index in [0.717, 1.165) is 16.8 Å². The van der Waals surface area contributed by atoms with Crippen molar-refractivity contribution in [1.29, 1.82) is 0 Å². The molecule has 0 fully saturated rings. The van der Waals surface area contributed by atoms with Gasteiger partial charge in [0.15, 0.2) is 17.4 Å². The summed E-state index contributed by atoms with van der Waals surface area (Å²) in [4.78, 5) is 14.5. The molecular formula is C21H18F4N4O. The van der Waals surface area contributed by atoms with Gasteiger partial charge in [0.05, 0.1) is 24.5 Å². The number of nitrogens with zero attached hydrogens (tertiary/aromatic N) is 2. The number of fused-ring (bicyclic) bond motifs is 3. The maximum atomic E-state index is 13.9. The minimum absolute atomic E-state index is 0.0538. The summed E-state index contributed by atoms with van der Waals surface area (Å²) >= 11 is 0. The van der Waals surface area contributed by atoms with Crippen LogP contribution in [0.4, 0.5) is 17.6 Å². The average molecular weight is 418 g/mol. The predicted octanol–water partition coefficient (Wildman–Crippen LogP) is 3.09. The molecule has 0 radical (unpaired) electrons. The Bertz CT molecular complexity index is 1110. The molecule has 1 aliphatic heterocycles. The van der Waals surface area contributed by atoms with E-state index in [1.165, 1.54) is 12.1 Å². The second kappa shape index (κ2) is 8.00. The van der Waals surface area contributed by atoms with Crippen LogP contribution in [0.5, 0.6) is 0 Å². The lowest BCUT2D eigenvalue weighted by molar-refractivity contribution is -0.121. The van der Waals surface area contributed by atoms with E-state index in [-0.39, 0.29) is 30.1 Å². The van der Waals surface area contributed by atoms with Crippen LogP contribution in [0.3, 0.4) is 0 Å². The number of carbonyl (C=O) groups excluding carboxylic acids is 1. The molecule has 5 nitrogen and oxygen atoms in total. The Morgan fingerprint density at radius 2 is 1.83 bits per heavy atom. The topological polar surface area (TPSA) is 75.0 Å². The third kappa shape index (κ3) is 3.99. The minimum Gasteiger partial charge on any atom is -0.321 e. The van der Waals surface area contributed by atoms with Crippen LogP contribution in [0.25, 0.3) is 11.1 Å². The van der Waals surface area contributed by atoms with E-state index in [4.69, 9.17) is 5.73 Å². The van der Waals surface area contributed by atoms with E-state index in [9.17, 15) is 22.4 Å². The predicted molar refractivity (Wildman–Crippen MR) is 101 cm³/mol. The number of Topliss-reactive ketones (excluding diaryl/α,β-unsaturated/α-hetero) is 1. The first kappa shape index (κ1) is 20.2. The van der Waals surface area contributed by atoms with Gasteiger partial charge in [-0.15, -0.1) is 0 Å². The number of H-pyrrole nitrogens is 1. The molecule has 156 valence electrons. The number of hydrogen-bond donors (Lipinski definition) is 2. The maximum absolute atomic E-state index is 13.9. The van der Waals surface area contributed by atoms with Crippen molar-refractivity contribution >= 4 is 5.78 Å². The van der Waals surface area contributed by atoms with Crippen molar-refractivity contribution in [3.05, 3.63) is 76.6 Å². The van der Waals surface area contributed by atoms with E-state index in [1.807, 2.05) is 4.90 Å². The summed E-state index contributed by atoms with van der Waals surface area (Å²) in [6, 6.07) is 4.48. The van der Waals surface area contributed by atoms with Crippen molar-refractivity contribution in [3.63, 3.8) is 0 Å². The lowest BCUT2D eigenvalue weighted by atomic mass is 10.0. The zero-order chi connectivity index (χ0) is 21.4. The lowest BCUT2D eigenvalue weighted by Crippen LogP contribution is -2.40. The third-order valence-electron chi connectivity index (χ3n) is 5.18. The summed E-state index contributed by atoms with van der Waals surface area (Å²) in [6.07, 6.45) is 1.35. The van der Waals surface area contributed by atoms with Crippen molar-refractivity contribution in [2.24, 2.45) is 5.73 Å². The van der Waals surface area contributed by atoms with Crippen LogP contribution in [0.2, 0.25) is 0 Å². The Balaban J connectivity index is 1.51. The van der Waals surface area contributed by atoms with Gasteiger partial charge < -0.3 is 5.73 Å². The number of halogens is 4. The number of ketones is 1. The summed E-state index contributed by atoms with van der Waals surface area (Å²) in [6.45, 7) is 0.668. The van der Waals surface area contributed by atoms with E-state index >= 15 is 0 Å². The molecule has 2 heterocycles. The largest absolute Gasteiger partial charge is 0.321 e. The Morgan fingerprint density at radius 1 is 1.07 bits per heavy atom. The summed E-state index contributed by atoms with van der Waals surface area (Å²) in [7, 11) is 0. The molecule has 2 aromatic carbocycles. The Kier molecular flexibility index (Phi) is 5.40. The molecule has 3 aromatic rings. The number of carbonyl (C=O) groups is 1. The second-order valence-electron chi connectivity index (χ2n) is 7.34. The van der Waals surface area contributed by atoms with E-state index in [1.54, 1.807) is 12.3 Å². The highest BCUT2D eigenvalue weighted by Gasteiger charge is 2.25. The molecule has 1 unspecified atom stereocenters. The molecule has 0 aliphatic carbocycles. The van der Waals surface area contributed by atoms with Gasteiger partial charge in [-0.05, 0) is 41.3 Å². The number of hydrogen-bond acceptors (Lipinski definition) is 4. The molecule has 4 rings (SSSR count). The molecule has 1 aliphatic rings. The molecule has 9 heteroatoms. The first-order valence-corrected chi connectivity index (χ1v) is 9.27. The second-order valence-corrected chi connectivity index (χ2v) is 7.34. The van der Waals surface area contributed by atoms with Gasteiger partial charge in [-0.3, -0.25) is 14.8 Å². The summed E-state index contributed by atoms with van der Waals surface area (Å²) in [5, 5.41) is 6.88.